The molecule has 0 aliphatic heterocycles. The fourth-order valence-corrected chi connectivity index (χ4v) is 2.48. The number of aryl methyl sites for hydroxylation is 1. The maximum atomic E-state index is 12.8. The zero-order valence-electron chi connectivity index (χ0n) is 14.7. The van der Waals surface area contributed by atoms with Crippen LogP contribution in [0.25, 0.3) is 0 Å². The maximum absolute atomic E-state index is 12.8. The number of ether oxygens (including phenoxy) is 1. The van der Waals surface area contributed by atoms with Gasteiger partial charge in [-0.25, -0.2) is 4.98 Å². The van der Waals surface area contributed by atoms with E-state index in [1.54, 1.807) is 37.3 Å². The van der Waals surface area contributed by atoms with Crippen molar-refractivity contribution in [2.75, 3.05) is 11.1 Å². The minimum absolute atomic E-state index is 0.0327. The van der Waals surface area contributed by atoms with Gasteiger partial charge in [0.15, 0.2) is 0 Å². The average molecular weight is 387 g/mol. The molecule has 1 amide bonds. The molecule has 1 aromatic heterocycles. The average Bonchev–Trinajstić information content (AvgIpc) is 2.61. The first-order valence-electron chi connectivity index (χ1n) is 8.22. The van der Waals surface area contributed by atoms with Gasteiger partial charge < -0.3 is 15.8 Å². The third kappa shape index (κ3) is 4.59. The Balaban J connectivity index is 1.76. The molecule has 0 radical (unpaired) electrons. The Hall–Kier alpha value is -3.55. The number of pyridine rings is 1. The van der Waals surface area contributed by atoms with Crippen molar-refractivity contribution in [3.8, 4) is 11.5 Å². The number of nitrogens with one attached hydrogen (secondary N) is 1. The van der Waals surface area contributed by atoms with Crippen LogP contribution < -0.4 is 15.8 Å². The second-order valence-corrected chi connectivity index (χ2v) is 6.00. The lowest BCUT2D eigenvalue weighted by atomic mass is 10.2. The Morgan fingerprint density at radius 1 is 1.04 bits per heavy atom. The summed E-state index contributed by atoms with van der Waals surface area (Å²) in [5.74, 6) is -0.0486. The number of carbonyl (C=O) groups excluding carboxylic acids is 1. The third-order valence-electron chi connectivity index (χ3n) is 3.80. The van der Waals surface area contributed by atoms with E-state index < -0.39 is 17.6 Å². The summed E-state index contributed by atoms with van der Waals surface area (Å²) < 4.78 is 43.9. The van der Waals surface area contributed by atoms with Gasteiger partial charge in [0.2, 0.25) is 0 Å². The molecule has 0 fully saturated rings. The molecule has 0 aliphatic carbocycles. The van der Waals surface area contributed by atoms with Gasteiger partial charge in [-0.3, -0.25) is 4.79 Å². The van der Waals surface area contributed by atoms with Crippen LogP contribution in [0.1, 0.15) is 21.6 Å². The molecule has 3 aromatic rings. The number of hydrogen-bond donors (Lipinski definition) is 2. The molecule has 3 N–H and O–H groups in total. The summed E-state index contributed by atoms with van der Waals surface area (Å²) in [5.41, 5.74) is 6.26. The molecule has 0 spiro atoms. The molecule has 0 bridgehead atoms. The van der Waals surface area contributed by atoms with Crippen molar-refractivity contribution in [3.63, 3.8) is 0 Å². The summed E-state index contributed by atoms with van der Waals surface area (Å²) >= 11 is 0. The van der Waals surface area contributed by atoms with Crippen LogP contribution in [0.5, 0.6) is 11.5 Å². The highest BCUT2D eigenvalue weighted by atomic mass is 19.4. The topological polar surface area (TPSA) is 77.2 Å². The van der Waals surface area contributed by atoms with E-state index in [2.05, 4.69) is 10.3 Å². The Bertz CT molecular complexity index is 1020. The molecule has 8 heteroatoms. The van der Waals surface area contributed by atoms with Gasteiger partial charge in [0.05, 0.1) is 11.1 Å². The lowest BCUT2D eigenvalue weighted by molar-refractivity contribution is -0.137. The predicted octanol–water partition coefficient (Wildman–Crippen LogP) is 5.04. The number of halogens is 3. The van der Waals surface area contributed by atoms with E-state index >= 15 is 0 Å². The Morgan fingerprint density at radius 2 is 1.71 bits per heavy atom. The van der Waals surface area contributed by atoms with Crippen LogP contribution in [0.15, 0.2) is 60.7 Å². The van der Waals surface area contributed by atoms with E-state index in [9.17, 15) is 18.0 Å². The van der Waals surface area contributed by atoms with Crippen molar-refractivity contribution in [1.82, 2.24) is 4.98 Å². The van der Waals surface area contributed by atoms with E-state index in [-0.39, 0.29) is 22.9 Å². The van der Waals surface area contributed by atoms with Gasteiger partial charge in [-0.2, -0.15) is 13.2 Å². The molecule has 0 saturated carbocycles. The number of hydrogen-bond acceptors (Lipinski definition) is 4. The molecule has 144 valence electrons. The van der Waals surface area contributed by atoms with Gasteiger partial charge >= 0.3 is 6.18 Å². The summed E-state index contributed by atoms with van der Waals surface area (Å²) in [5, 5.41) is 2.66. The van der Waals surface area contributed by atoms with Crippen LogP contribution in [0.3, 0.4) is 0 Å². The van der Waals surface area contributed by atoms with E-state index in [1.807, 2.05) is 0 Å². The number of amides is 1. The number of alkyl halides is 3. The molecule has 0 unspecified atom stereocenters. The first kappa shape index (κ1) is 19.2. The molecule has 1 heterocycles. The Labute approximate surface area is 159 Å². The predicted molar refractivity (Wildman–Crippen MR) is 99.3 cm³/mol. The summed E-state index contributed by atoms with van der Waals surface area (Å²) in [6.45, 7) is 1.76. The molecule has 28 heavy (non-hydrogen) atoms. The zero-order chi connectivity index (χ0) is 20.3. The summed E-state index contributed by atoms with van der Waals surface area (Å²) in [6.07, 6.45) is -4.46. The van der Waals surface area contributed by atoms with Crippen LogP contribution in [0.2, 0.25) is 0 Å². The van der Waals surface area contributed by atoms with Crippen molar-refractivity contribution >= 4 is 17.4 Å². The minimum atomic E-state index is -4.46. The van der Waals surface area contributed by atoms with E-state index in [4.69, 9.17) is 10.5 Å². The van der Waals surface area contributed by atoms with Gasteiger partial charge in [0.1, 0.15) is 17.3 Å². The van der Waals surface area contributed by atoms with Gasteiger partial charge in [-0.05, 0) is 49.4 Å². The number of anilines is 2. The van der Waals surface area contributed by atoms with Crippen LogP contribution in [-0.4, -0.2) is 10.9 Å². The first-order chi connectivity index (χ1) is 13.2. The number of nitrogens with two attached hydrogens (primary N) is 1. The van der Waals surface area contributed by atoms with Crippen molar-refractivity contribution in [3.05, 3.63) is 77.5 Å². The SMILES string of the molecule is Cc1ccc(C(=O)Nc2cccc(Oc3cccc(C(F)(F)F)c3)c2)c(N)n1. The van der Waals surface area contributed by atoms with Crippen LogP contribution in [0, 0.1) is 6.92 Å². The largest absolute Gasteiger partial charge is 0.457 e. The maximum Gasteiger partial charge on any atom is 0.416 e. The molecule has 2 aromatic carbocycles. The molecular formula is C20H16F3N3O2. The van der Waals surface area contributed by atoms with Crippen molar-refractivity contribution in [2.45, 2.75) is 13.1 Å². The fraction of sp³-hybridized carbons (Fsp3) is 0.100. The normalized spacial score (nSPS) is 11.1. The van der Waals surface area contributed by atoms with Crippen molar-refractivity contribution < 1.29 is 22.7 Å². The lowest BCUT2D eigenvalue weighted by Crippen LogP contribution is -2.15. The molecule has 5 nitrogen and oxygen atoms in total. The second kappa shape index (κ2) is 7.59. The van der Waals surface area contributed by atoms with Crippen LogP contribution in [0.4, 0.5) is 24.7 Å². The monoisotopic (exact) mass is 387 g/mol. The van der Waals surface area contributed by atoms with Crippen LogP contribution in [-0.2, 0) is 6.18 Å². The quantitative estimate of drug-likeness (QED) is 0.658. The highest BCUT2D eigenvalue weighted by molar-refractivity contribution is 6.07. The van der Waals surface area contributed by atoms with E-state index in [0.717, 1.165) is 12.1 Å². The van der Waals surface area contributed by atoms with E-state index in [1.165, 1.54) is 18.2 Å². The van der Waals surface area contributed by atoms with E-state index in [0.29, 0.717) is 11.4 Å². The van der Waals surface area contributed by atoms with Gasteiger partial charge in [0.25, 0.3) is 5.91 Å². The smallest absolute Gasteiger partial charge is 0.416 e. The number of aromatic nitrogens is 1. The van der Waals surface area contributed by atoms with Gasteiger partial charge in [0, 0.05) is 17.4 Å². The van der Waals surface area contributed by atoms with Crippen molar-refractivity contribution in [1.29, 1.82) is 0 Å². The summed E-state index contributed by atoms with van der Waals surface area (Å²) in [7, 11) is 0. The molecule has 0 saturated heterocycles. The van der Waals surface area contributed by atoms with Gasteiger partial charge in [-0.15, -0.1) is 0 Å². The molecule has 0 aliphatic rings. The minimum Gasteiger partial charge on any atom is -0.457 e. The van der Waals surface area contributed by atoms with Crippen LogP contribution >= 0.6 is 0 Å². The standard InChI is InChI=1S/C20H16F3N3O2/c1-12-8-9-17(18(24)25-12)19(27)26-14-5-3-7-16(11-14)28-15-6-2-4-13(10-15)20(21,22)23/h2-11H,1H3,(H2,24,25)(H,26,27). The number of rotatable bonds is 4. The number of nitrogen functional groups attached to an aromatic ring is 1. The van der Waals surface area contributed by atoms with Crippen molar-refractivity contribution in [2.24, 2.45) is 0 Å². The number of carbonyl (C=O) groups is 1. The Morgan fingerprint density at radius 3 is 2.39 bits per heavy atom. The second-order valence-electron chi connectivity index (χ2n) is 6.00. The Kier molecular flexibility index (Phi) is 5.21. The highest BCUT2D eigenvalue weighted by Crippen LogP contribution is 2.33. The fourth-order valence-electron chi connectivity index (χ4n) is 2.48. The molecule has 3 rings (SSSR count). The third-order valence-corrected chi connectivity index (χ3v) is 3.80. The van der Waals surface area contributed by atoms with Gasteiger partial charge in [-0.1, -0.05) is 12.1 Å². The first-order valence-corrected chi connectivity index (χ1v) is 8.22. The molecular weight excluding hydrogens is 371 g/mol. The number of benzene rings is 2. The summed E-state index contributed by atoms with van der Waals surface area (Å²) in [6, 6.07) is 14.1. The number of nitrogens with zero attached hydrogens (tertiary/aromatic N) is 1. The molecule has 0 atom stereocenters. The summed E-state index contributed by atoms with van der Waals surface area (Å²) in [4.78, 5) is 16.4. The zero-order valence-corrected chi connectivity index (χ0v) is 14.7. The lowest BCUT2D eigenvalue weighted by Gasteiger charge is -2.11. The highest BCUT2D eigenvalue weighted by Gasteiger charge is 2.30.